The molecule has 2 aromatic carbocycles. The number of amides is 2. The topological polar surface area (TPSA) is 107 Å². The molecule has 14 heteroatoms. The number of aromatic nitrogens is 1. The van der Waals surface area contributed by atoms with E-state index in [0.29, 0.717) is 21.9 Å². The number of carbonyl (C=O) groups is 2. The summed E-state index contributed by atoms with van der Waals surface area (Å²) >= 11 is 18.8. The monoisotopic (exact) mass is 639 g/mol. The third-order valence-corrected chi connectivity index (χ3v) is 7.58. The molecule has 41 heavy (non-hydrogen) atoms. The Labute approximate surface area is 248 Å². The summed E-state index contributed by atoms with van der Waals surface area (Å²) in [6.45, 7) is -0.148. The molecule has 0 aliphatic heterocycles. The number of carbonyl (C=O) groups excluding carboxylic acids is 2. The van der Waals surface area contributed by atoms with Gasteiger partial charge in [0.15, 0.2) is 11.5 Å². The number of halogens is 6. The predicted octanol–water partition coefficient (Wildman–Crippen LogP) is 8.47. The number of nitrogens with zero attached hydrogens (tertiary/aromatic N) is 1. The van der Waals surface area contributed by atoms with E-state index < -0.39 is 23.7 Å². The molecule has 7 nitrogen and oxygen atoms in total. The van der Waals surface area contributed by atoms with Crippen molar-refractivity contribution in [3.8, 4) is 16.9 Å². The molecule has 0 saturated heterocycles. The molecule has 0 aliphatic rings. The first-order valence-electron chi connectivity index (χ1n) is 11.5. The highest BCUT2D eigenvalue weighted by atomic mass is 35.5. The van der Waals surface area contributed by atoms with Gasteiger partial charge in [0.1, 0.15) is 27.8 Å². The SMILES string of the molecule is NC(=O)c1sc2nc(C(F)(F)F)cc(-c3ccccc3)c2c1NC(=O)c1ccc(COc2c(Cl)cc(Cl)cc2Cl)o1. The maximum Gasteiger partial charge on any atom is 0.433 e. The average Bonchev–Trinajstić information content (AvgIpc) is 3.53. The predicted molar refractivity (Wildman–Crippen MR) is 151 cm³/mol. The molecule has 5 aromatic rings. The number of primary amides is 1. The summed E-state index contributed by atoms with van der Waals surface area (Å²) in [5.74, 6) is -1.53. The van der Waals surface area contributed by atoms with E-state index >= 15 is 0 Å². The third kappa shape index (κ3) is 5.98. The van der Waals surface area contributed by atoms with Crippen LogP contribution in [-0.2, 0) is 12.8 Å². The molecule has 210 valence electrons. The number of alkyl halides is 3. The fourth-order valence-electron chi connectivity index (χ4n) is 3.94. The fourth-order valence-corrected chi connectivity index (χ4v) is 5.88. The third-order valence-electron chi connectivity index (χ3n) is 5.71. The van der Waals surface area contributed by atoms with E-state index in [9.17, 15) is 22.8 Å². The van der Waals surface area contributed by atoms with Crippen LogP contribution in [0.15, 0.2) is 65.1 Å². The molecule has 0 saturated carbocycles. The van der Waals surface area contributed by atoms with Crippen molar-refractivity contribution in [2.24, 2.45) is 5.73 Å². The van der Waals surface area contributed by atoms with Crippen LogP contribution in [0.4, 0.5) is 18.9 Å². The van der Waals surface area contributed by atoms with E-state index in [-0.39, 0.29) is 60.3 Å². The number of anilines is 1. The summed E-state index contributed by atoms with van der Waals surface area (Å²) in [5.41, 5.74) is 4.81. The number of ether oxygens (including phenoxy) is 1. The van der Waals surface area contributed by atoms with Gasteiger partial charge in [-0.25, -0.2) is 4.98 Å². The lowest BCUT2D eigenvalue weighted by Crippen LogP contribution is -2.16. The van der Waals surface area contributed by atoms with Crippen LogP contribution in [0.3, 0.4) is 0 Å². The van der Waals surface area contributed by atoms with Crippen molar-refractivity contribution in [3.63, 3.8) is 0 Å². The van der Waals surface area contributed by atoms with E-state index in [0.717, 1.165) is 6.07 Å². The van der Waals surface area contributed by atoms with Crippen LogP contribution in [0.5, 0.6) is 5.75 Å². The number of hydrogen-bond acceptors (Lipinski definition) is 6. The van der Waals surface area contributed by atoms with Crippen LogP contribution < -0.4 is 15.8 Å². The average molecular weight is 641 g/mol. The Morgan fingerprint density at radius 2 is 1.71 bits per heavy atom. The lowest BCUT2D eigenvalue weighted by molar-refractivity contribution is -0.140. The molecule has 0 unspecified atom stereocenters. The zero-order chi connectivity index (χ0) is 29.5. The van der Waals surface area contributed by atoms with Gasteiger partial charge in [0, 0.05) is 10.4 Å². The number of pyridine rings is 1. The maximum absolute atomic E-state index is 13.7. The zero-order valence-electron chi connectivity index (χ0n) is 20.3. The molecular weight excluding hydrogens is 626 g/mol. The van der Waals surface area contributed by atoms with E-state index in [1.807, 2.05) is 0 Å². The van der Waals surface area contributed by atoms with E-state index in [1.165, 1.54) is 24.3 Å². The second kappa shape index (κ2) is 11.2. The molecule has 0 fully saturated rings. The van der Waals surface area contributed by atoms with Crippen LogP contribution in [0.25, 0.3) is 21.3 Å². The number of furan rings is 1. The number of benzene rings is 2. The summed E-state index contributed by atoms with van der Waals surface area (Å²) in [7, 11) is 0. The highest BCUT2D eigenvalue weighted by Crippen LogP contribution is 2.44. The summed E-state index contributed by atoms with van der Waals surface area (Å²) in [6.07, 6.45) is -4.76. The second-order valence-electron chi connectivity index (χ2n) is 8.48. The van der Waals surface area contributed by atoms with Gasteiger partial charge in [-0.1, -0.05) is 65.1 Å². The normalized spacial score (nSPS) is 11.6. The van der Waals surface area contributed by atoms with E-state index in [1.54, 1.807) is 30.3 Å². The Hall–Kier alpha value is -3.77. The molecule has 3 heterocycles. The van der Waals surface area contributed by atoms with E-state index in [2.05, 4.69) is 10.3 Å². The van der Waals surface area contributed by atoms with Crippen molar-refractivity contribution < 1.29 is 31.9 Å². The minimum Gasteiger partial charge on any atom is -0.483 e. The van der Waals surface area contributed by atoms with Gasteiger partial charge in [-0.05, 0) is 41.5 Å². The maximum atomic E-state index is 13.7. The number of nitrogens with two attached hydrogens (primary N) is 1. The summed E-state index contributed by atoms with van der Waals surface area (Å²) in [6, 6.07) is 14.8. The minimum absolute atomic E-state index is 0.0866. The first-order valence-corrected chi connectivity index (χ1v) is 13.4. The molecule has 0 spiro atoms. The Morgan fingerprint density at radius 1 is 1.02 bits per heavy atom. The van der Waals surface area contributed by atoms with Gasteiger partial charge in [0.2, 0.25) is 0 Å². The van der Waals surface area contributed by atoms with Crippen molar-refractivity contribution in [1.29, 1.82) is 0 Å². The Bertz CT molecular complexity index is 1780. The number of fused-ring (bicyclic) bond motifs is 1. The first kappa shape index (κ1) is 28.7. The van der Waals surface area contributed by atoms with Crippen LogP contribution in [0, 0.1) is 0 Å². The van der Waals surface area contributed by atoms with Crippen molar-refractivity contribution >= 4 is 73.9 Å². The van der Waals surface area contributed by atoms with Crippen molar-refractivity contribution in [1.82, 2.24) is 4.98 Å². The fraction of sp³-hybridized carbons (Fsp3) is 0.0741. The zero-order valence-corrected chi connectivity index (χ0v) is 23.4. The number of hydrogen-bond donors (Lipinski definition) is 2. The Morgan fingerprint density at radius 3 is 2.34 bits per heavy atom. The van der Waals surface area contributed by atoms with Gasteiger partial charge in [-0.2, -0.15) is 13.2 Å². The van der Waals surface area contributed by atoms with Gasteiger partial charge in [0.05, 0.1) is 15.7 Å². The Kier molecular flexibility index (Phi) is 7.89. The van der Waals surface area contributed by atoms with Gasteiger partial charge in [0.25, 0.3) is 11.8 Å². The summed E-state index contributed by atoms with van der Waals surface area (Å²) in [5, 5.41) is 3.36. The van der Waals surface area contributed by atoms with Crippen LogP contribution in [-0.4, -0.2) is 16.8 Å². The second-order valence-corrected chi connectivity index (χ2v) is 10.7. The molecule has 5 rings (SSSR count). The molecule has 0 aliphatic carbocycles. The molecule has 2 amide bonds. The Balaban J connectivity index is 1.50. The number of nitrogens with one attached hydrogen (secondary N) is 1. The van der Waals surface area contributed by atoms with Gasteiger partial charge >= 0.3 is 6.18 Å². The van der Waals surface area contributed by atoms with Crippen molar-refractivity contribution in [2.75, 3.05) is 5.32 Å². The van der Waals surface area contributed by atoms with Gasteiger partial charge < -0.3 is 20.2 Å². The molecule has 0 bridgehead atoms. The molecule has 3 N–H and O–H groups in total. The van der Waals surface area contributed by atoms with Gasteiger partial charge in [-0.3, -0.25) is 9.59 Å². The minimum atomic E-state index is -4.76. The standard InChI is InChI=1S/C27H15Cl3F3N3O4S/c28-13-8-16(29)22(17(30)9-13)39-11-14-6-7-18(40-14)25(38)36-21-20-15(12-4-2-1-3-5-12)10-19(27(31,32)33)35-26(20)41-23(21)24(34)37/h1-10H,11H2,(H2,34,37)(H,36,38). The van der Waals surface area contributed by atoms with Crippen molar-refractivity contribution in [3.05, 3.63) is 97.8 Å². The molecular formula is C27H15Cl3F3N3O4S. The molecule has 0 radical (unpaired) electrons. The highest BCUT2D eigenvalue weighted by Gasteiger charge is 2.35. The van der Waals surface area contributed by atoms with Crippen molar-refractivity contribution in [2.45, 2.75) is 12.8 Å². The lowest BCUT2D eigenvalue weighted by atomic mass is 10.0. The largest absolute Gasteiger partial charge is 0.483 e. The first-order chi connectivity index (χ1) is 19.4. The van der Waals surface area contributed by atoms with Crippen LogP contribution in [0.1, 0.15) is 31.7 Å². The molecule has 3 aromatic heterocycles. The van der Waals surface area contributed by atoms with E-state index in [4.69, 9.17) is 49.7 Å². The summed E-state index contributed by atoms with van der Waals surface area (Å²) < 4.78 is 52.2. The van der Waals surface area contributed by atoms with Crippen LogP contribution in [0.2, 0.25) is 15.1 Å². The van der Waals surface area contributed by atoms with Crippen LogP contribution >= 0.6 is 46.1 Å². The van der Waals surface area contributed by atoms with Gasteiger partial charge in [-0.15, -0.1) is 11.3 Å². The quantitative estimate of drug-likeness (QED) is 0.186. The number of rotatable bonds is 7. The smallest absolute Gasteiger partial charge is 0.433 e. The highest BCUT2D eigenvalue weighted by molar-refractivity contribution is 7.21. The number of thiophene rings is 1. The summed E-state index contributed by atoms with van der Waals surface area (Å²) in [4.78, 5) is 28.9. The lowest BCUT2D eigenvalue weighted by Gasteiger charge is -2.12. The molecule has 0 atom stereocenters.